The van der Waals surface area contributed by atoms with Gasteiger partial charge < -0.3 is 28.8 Å². The van der Waals surface area contributed by atoms with Crippen molar-refractivity contribution in [2.75, 3.05) is 40.9 Å². The SMILES string of the molecule is CC/C=C\C/C=C\C/C=C\C/C=C\C/C=C\C/C=C\CCCCCCCCC(=O)NC(COP(=O)([O-])OCC[N+](C)(C)C)C(O)CCCCCCCCCC. The highest BCUT2D eigenvalue weighted by atomic mass is 31.2. The number of phosphoric acid groups is 1. The molecule has 0 fully saturated rings. The molecule has 0 spiro atoms. The Kier molecular flexibility index (Phi) is 36.1. The number of aliphatic hydroxyl groups excluding tert-OH is 1. The van der Waals surface area contributed by atoms with Crippen LogP contribution < -0.4 is 10.2 Å². The van der Waals surface area contributed by atoms with Gasteiger partial charge in [0.25, 0.3) is 7.82 Å². The number of carbonyl (C=O) groups is 1. The first-order valence-electron chi connectivity index (χ1n) is 21.8. The van der Waals surface area contributed by atoms with Crippen LogP contribution in [-0.2, 0) is 18.4 Å². The zero-order valence-corrected chi connectivity index (χ0v) is 36.7. The van der Waals surface area contributed by atoms with Gasteiger partial charge in [0.05, 0.1) is 39.9 Å². The molecule has 55 heavy (non-hydrogen) atoms. The monoisotopic (exact) mass is 791 g/mol. The van der Waals surface area contributed by atoms with E-state index in [0.717, 1.165) is 89.9 Å². The molecule has 0 aromatic rings. The van der Waals surface area contributed by atoms with E-state index < -0.39 is 20.0 Å². The van der Waals surface area contributed by atoms with Gasteiger partial charge in [-0.15, -0.1) is 0 Å². The first kappa shape index (κ1) is 52.9. The van der Waals surface area contributed by atoms with Crippen LogP contribution in [0.15, 0.2) is 72.9 Å². The largest absolute Gasteiger partial charge is 0.756 e. The van der Waals surface area contributed by atoms with E-state index in [1.165, 1.54) is 44.9 Å². The van der Waals surface area contributed by atoms with Crippen molar-refractivity contribution < 1.29 is 32.9 Å². The number of quaternary nitrogens is 1. The highest BCUT2D eigenvalue weighted by Crippen LogP contribution is 2.38. The minimum absolute atomic E-state index is 0.00458. The van der Waals surface area contributed by atoms with Crippen molar-refractivity contribution in [1.82, 2.24) is 5.32 Å². The number of nitrogens with zero attached hydrogens (tertiary/aromatic N) is 1. The van der Waals surface area contributed by atoms with Gasteiger partial charge in [0, 0.05) is 6.42 Å². The molecule has 0 heterocycles. The molecule has 0 saturated carbocycles. The number of unbranched alkanes of at least 4 members (excludes halogenated alkanes) is 13. The summed E-state index contributed by atoms with van der Waals surface area (Å²) in [6.07, 6.45) is 49.2. The van der Waals surface area contributed by atoms with Gasteiger partial charge in [-0.25, -0.2) is 0 Å². The Balaban J connectivity index is 4.25. The third-order valence-electron chi connectivity index (χ3n) is 9.21. The molecule has 0 radical (unpaired) electrons. The third kappa shape index (κ3) is 40.0. The van der Waals surface area contributed by atoms with Crippen molar-refractivity contribution in [1.29, 1.82) is 0 Å². The smallest absolute Gasteiger partial charge is 0.268 e. The first-order valence-corrected chi connectivity index (χ1v) is 23.2. The van der Waals surface area contributed by atoms with Crippen LogP contribution in [0.5, 0.6) is 0 Å². The van der Waals surface area contributed by atoms with Crippen LogP contribution in [0, 0.1) is 0 Å². The van der Waals surface area contributed by atoms with Crippen LogP contribution in [0.4, 0.5) is 0 Å². The van der Waals surface area contributed by atoms with Crippen LogP contribution in [0.2, 0.25) is 0 Å². The molecular formula is C46H83N2O6P. The third-order valence-corrected chi connectivity index (χ3v) is 10.2. The number of hydrogen-bond acceptors (Lipinski definition) is 6. The van der Waals surface area contributed by atoms with E-state index >= 15 is 0 Å². The van der Waals surface area contributed by atoms with Crippen molar-refractivity contribution in [3.05, 3.63) is 72.9 Å². The highest BCUT2D eigenvalue weighted by molar-refractivity contribution is 7.45. The summed E-state index contributed by atoms with van der Waals surface area (Å²) in [5.74, 6) is -0.187. The number of phosphoric ester groups is 1. The minimum atomic E-state index is -4.56. The molecule has 0 aliphatic heterocycles. The second-order valence-corrected chi connectivity index (χ2v) is 17.1. The second-order valence-electron chi connectivity index (χ2n) is 15.7. The summed E-state index contributed by atoms with van der Waals surface area (Å²) in [4.78, 5) is 25.2. The van der Waals surface area contributed by atoms with Crippen molar-refractivity contribution >= 4 is 13.7 Å². The van der Waals surface area contributed by atoms with Crippen LogP contribution >= 0.6 is 7.82 Å². The van der Waals surface area contributed by atoms with Crippen LogP contribution in [0.25, 0.3) is 0 Å². The number of carbonyl (C=O) groups excluding carboxylic acids is 1. The summed E-state index contributed by atoms with van der Waals surface area (Å²) in [6, 6.07) is -0.810. The predicted molar refractivity (Wildman–Crippen MR) is 233 cm³/mol. The fourth-order valence-electron chi connectivity index (χ4n) is 5.75. The summed E-state index contributed by atoms with van der Waals surface area (Å²) in [5.41, 5.74) is 0. The molecule has 0 rings (SSSR count). The van der Waals surface area contributed by atoms with E-state index in [2.05, 4.69) is 92.1 Å². The van der Waals surface area contributed by atoms with E-state index in [1.807, 2.05) is 21.1 Å². The van der Waals surface area contributed by atoms with Crippen LogP contribution in [0.3, 0.4) is 0 Å². The molecule has 0 aliphatic carbocycles. The molecule has 0 saturated heterocycles. The van der Waals surface area contributed by atoms with Gasteiger partial charge >= 0.3 is 0 Å². The number of amides is 1. The molecule has 9 heteroatoms. The topological polar surface area (TPSA) is 108 Å². The molecule has 0 aromatic heterocycles. The molecular weight excluding hydrogens is 707 g/mol. The molecule has 0 bridgehead atoms. The Bertz CT molecular complexity index is 1120. The zero-order valence-electron chi connectivity index (χ0n) is 35.9. The lowest BCUT2D eigenvalue weighted by atomic mass is 10.0. The summed E-state index contributed by atoms with van der Waals surface area (Å²) in [7, 11) is 1.28. The number of aliphatic hydroxyl groups is 1. The number of hydrogen-bond donors (Lipinski definition) is 2. The Morgan fingerprint density at radius 3 is 1.62 bits per heavy atom. The van der Waals surface area contributed by atoms with Gasteiger partial charge in [-0.05, 0) is 64.2 Å². The Hall–Kier alpha value is -2.06. The van der Waals surface area contributed by atoms with Gasteiger partial charge in [-0.3, -0.25) is 9.36 Å². The Labute approximate surface area is 338 Å². The Morgan fingerprint density at radius 1 is 0.655 bits per heavy atom. The molecule has 318 valence electrons. The lowest BCUT2D eigenvalue weighted by molar-refractivity contribution is -0.870. The van der Waals surface area contributed by atoms with Gasteiger partial charge in [-0.1, -0.05) is 164 Å². The van der Waals surface area contributed by atoms with E-state index in [0.29, 0.717) is 23.9 Å². The lowest BCUT2D eigenvalue weighted by Gasteiger charge is -2.30. The normalized spacial score (nSPS) is 15.1. The summed E-state index contributed by atoms with van der Waals surface area (Å²) >= 11 is 0. The zero-order chi connectivity index (χ0) is 40.7. The van der Waals surface area contributed by atoms with E-state index in [1.54, 1.807) is 0 Å². The minimum Gasteiger partial charge on any atom is -0.756 e. The van der Waals surface area contributed by atoms with Crippen LogP contribution in [-0.4, -0.2) is 68.5 Å². The number of likely N-dealkylation sites (N-methyl/N-ethyl adjacent to an activating group) is 1. The summed E-state index contributed by atoms with van der Waals surface area (Å²) < 4.78 is 23.1. The van der Waals surface area contributed by atoms with Gasteiger partial charge in [0.15, 0.2) is 0 Å². The number of allylic oxidation sites excluding steroid dienone is 12. The van der Waals surface area contributed by atoms with E-state index in [4.69, 9.17) is 9.05 Å². The van der Waals surface area contributed by atoms with Crippen LogP contribution in [0.1, 0.15) is 162 Å². The van der Waals surface area contributed by atoms with Gasteiger partial charge in [-0.2, -0.15) is 0 Å². The second kappa shape index (κ2) is 37.5. The molecule has 1 amide bonds. The predicted octanol–water partition coefficient (Wildman–Crippen LogP) is 11.4. The molecule has 0 aliphatic rings. The Morgan fingerprint density at radius 2 is 1.11 bits per heavy atom. The molecule has 0 aromatic carbocycles. The average molecular weight is 791 g/mol. The highest BCUT2D eigenvalue weighted by Gasteiger charge is 2.24. The first-order chi connectivity index (χ1) is 26.5. The molecule has 3 atom stereocenters. The van der Waals surface area contributed by atoms with Crippen molar-refractivity contribution in [2.24, 2.45) is 0 Å². The maximum absolute atomic E-state index is 12.8. The standard InChI is InChI=1S/C46H83N2O6P/c1-6-8-10-12-14-16-17-18-19-20-21-22-23-24-25-26-27-28-29-30-31-32-34-36-38-40-46(50)47-44(43-54-55(51,52)53-42-41-48(3,4)5)45(49)39-37-35-33-15-13-11-9-7-2/h8,10,14,16,18-19,21-22,24-25,27-28,44-45,49H,6-7,9,11-13,15,17,20,23,26,29-43H2,1-5H3,(H-,47,50,51,52)/b10-8-,16-14-,19-18-,22-21-,25-24-,28-27-. The fraction of sp³-hybridized carbons (Fsp3) is 0.717. The van der Waals surface area contributed by atoms with E-state index in [9.17, 15) is 19.4 Å². The quantitative estimate of drug-likeness (QED) is 0.0279. The van der Waals surface area contributed by atoms with Gasteiger partial charge in [0.1, 0.15) is 13.2 Å². The van der Waals surface area contributed by atoms with E-state index in [-0.39, 0.29) is 19.1 Å². The lowest BCUT2D eigenvalue weighted by Crippen LogP contribution is -2.46. The number of nitrogens with one attached hydrogen (secondary N) is 1. The van der Waals surface area contributed by atoms with Crippen molar-refractivity contribution in [2.45, 2.75) is 174 Å². The molecule has 2 N–H and O–H groups in total. The average Bonchev–Trinajstić information content (AvgIpc) is 3.13. The van der Waals surface area contributed by atoms with Crippen molar-refractivity contribution in [3.63, 3.8) is 0 Å². The summed E-state index contributed by atoms with van der Waals surface area (Å²) in [6.45, 7) is 4.53. The molecule has 3 unspecified atom stereocenters. The number of rotatable bonds is 38. The summed E-state index contributed by atoms with van der Waals surface area (Å²) in [5, 5.41) is 13.8. The maximum Gasteiger partial charge on any atom is 0.268 e. The molecule has 8 nitrogen and oxygen atoms in total. The van der Waals surface area contributed by atoms with Crippen molar-refractivity contribution in [3.8, 4) is 0 Å². The maximum atomic E-state index is 12.8. The fourth-order valence-corrected chi connectivity index (χ4v) is 6.47. The van der Waals surface area contributed by atoms with Gasteiger partial charge in [0.2, 0.25) is 5.91 Å².